The molecule has 2 heterocycles. The van der Waals surface area contributed by atoms with Crippen molar-refractivity contribution in [1.29, 1.82) is 0 Å². The molecule has 0 unspecified atom stereocenters. The van der Waals surface area contributed by atoms with E-state index in [1.807, 2.05) is 24.5 Å². The van der Waals surface area contributed by atoms with Crippen LogP contribution in [0.25, 0.3) is 65.6 Å². The van der Waals surface area contributed by atoms with E-state index in [4.69, 9.17) is 0 Å². The molecule has 0 aliphatic carbocycles. The van der Waals surface area contributed by atoms with Crippen LogP contribution in [0.15, 0.2) is 134 Å². The Hall–Kier alpha value is -3.40. The second-order valence-electron chi connectivity index (χ2n) is 10.9. The van der Waals surface area contributed by atoms with Crippen molar-refractivity contribution >= 4 is 75.0 Å². The Morgan fingerprint density at radius 1 is 0.521 bits per heavy atom. The van der Waals surface area contributed by atoms with Gasteiger partial charge in [0.05, 0.1) is 11.0 Å². The van der Waals surface area contributed by atoms with Gasteiger partial charge >= 0.3 is 30.2 Å². The Bertz CT molecular complexity index is 2050. The normalized spacial score (nSPS) is 9.94. The maximum absolute atomic E-state index is 4.56. The molecule has 0 fully saturated rings. The van der Waals surface area contributed by atoms with Gasteiger partial charge in [0.15, 0.2) is 0 Å². The van der Waals surface area contributed by atoms with E-state index in [0.29, 0.717) is 0 Å². The molecule has 0 spiro atoms. The first-order valence-corrected chi connectivity index (χ1v) is 19.2. The molecule has 2 radical (unpaired) electrons. The molecule has 8 rings (SSSR count). The van der Waals surface area contributed by atoms with Gasteiger partial charge in [0.25, 0.3) is 0 Å². The summed E-state index contributed by atoms with van der Waals surface area (Å²) in [5.74, 6) is 0. The van der Waals surface area contributed by atoms with Crippen LogP contribution in [0.5, 0.6) is 0 Å². The Kier molecular flexibility index (Phi) is 16.1. The maximum atomic E-state index is 4.56. The van der Waals surface area contributed by atoms with Crippen molar-refractivity contribution in [3.63, 3.8) is 0 Å². The van der Waals surface area contributed by atoms with E-state index in [0.717, 1.165) is 23.9 Å². The molecule has 48 heavy (non-hydrogen) atoms. The fourth-order valence-electron chi connectivity index (χ4n) is 5.96. The van der Waals surface area contributed by atoms with Gasteiger partial charge in [-0.3, -0.25) is 9.97 Å². The topological polar surface area (TPSA) is 25.8 Å². The summed E-state index contributed by atoms with van der Waals surface area (Å²) in [6.07, 6.45) is 5.89. The predicted molar refractivity (Wildman–Crippen MR) is 212 cm³/mol. The number of para-hydroxylation sites is 2. The van der Waals surface area contributed by atoms with Crippen LogP contribution < -0.4 is 0 Å². The van der Waals surface area contributed by atoms with Gasteiger partial charge in [0, 0.05) is 23.2 Å². The van der Waals surface area contributed by atoms with Crippen LogP contribution in [0.3, 0.4) is 0 Å². The number of hydrogen-bond donors (Lipinski definition) is 0. The SMILES string of the molecule is CCc1cc2ccc(-c3cccc4cccnc34)cc2[cH-]1.CCc1cc2ccc(-c3cccc4cccnc34)cc2[cH-]1.Cl.Cl.[CH3-].[CH3-].[Si]=[Zr]. The van der Waals surface area contributed by atoms with Crippen LogP contribution in [0.1, 0.15) is 25.0 Å². The molecule has 0 atom stereocenters. The van der Waals surface area contributed by atoms with E-state index in [9.17, 15) is 0 Å². The minimum absolute atomic E-state index is 0. The summed E-state index contributed by atoms with van der Waals surface area (Å²) in [5, 5.41) is 7.65. The van der Waals surface area contributed by atoms with Gasteiger partial charge in [-0.15, -0.1) is 93.9 Å². The number of hydrogen-bond acceptors (Lipinski definition) is 2. The first-order valence-electron chi connectivity index (χ1n) is 15.0. The summed E-state index contributed by atoms with van der Waals surface area (Å²) < 4.78 is 0. The zero-order chi connectivity index (χ0) is 30.5. The molecule has 0 aliphatic heterocycles. The van der Waals surface area contributed by atoms with Crippen molar-refractivity contribution in [3.8, 4) is 22.3 Å². The molecule has 2 nitrogen and oxygen atoms in total. The van der Waals surface area contributed by atoms with Crippen molar-refractivity contribution in [2.75, 3.05) is 0 Å². The number of aromatic nitrogens is 2. The number of fused-ring (bicyclic) bond motifs is 4. The summed E-state index contributed by atoms with van der Waals surface area (Å²) in [7, 11) is 0. The Balaban J connectivity index is 0.000000294. The van der Waals surface area contributed by atoms with Gasteiger partial charge in [0.1, 0.15) is 0 Å². The number of nitrogens with zero attached hydrogens (tertiary/aromatic N) is 2. The third kappa shape index (κ3) is 8.60. The van der Waals surface area contributed by atoms with E-state index < -0.39 is 0 Å². The second-order valence-corrected chi connectivity index (χ2v) is 10.9. The van der Waals surface area contributed by atoms with Gasteiger partial charge in [0.2, 0.25) is 0 Å². The molecule has 0 aliphatic rings. The van der Waals surface area contributed by atoms with Crippen LogP contribution in [-0.2, 0) is 36.2 Å². The summed E-state index contributed by atoms with van der Waals surface area (Å²) in [5.41, 5.74) is 9.82. The van der Waals surface area contributed by atoms with Gasteiger partial charge in [-0.25, -0.2) is 0 Å². The van der Waals surface area contributed by atoms with E-state index in [1.54, 1.807) is 0 Å². The van der Waals surface area contributed by atoms with Crippen molar-refractivity contribution < 1.29 is 23.3 Å². The first kappa shape index (κ1) is 40.8. The van der Waals surface area contributed by atoms with E-state index in [-0.39, 0.29) is 39.7 Å². The van der Waals surface area contributed by atoms with E-state index >= 15 is 0 Å². The molecule has 8 aromatic rings. The molecular formula is C42H40Cl2N2SiZr-4. The fourth-order valence-corrected chi connectivity index (χ4v) is 5.96. The fraction of sp³-hybridized carbons (Fsp3) is 0.0952. The van der Waals surface area contributed by atoms with Gasteiger partial charge < -0.3 is 14.9 Å². The van der Waals surface area contributed by atoms with Gasteiger partial charge in [-0.05, 0) is 36.1 Å². The Morgan fingerprint density at radius 2 is 0.917 bits per heavy atom. The Labute approximate surface area is 314 Å². The molecule has 0 bridgehead atoms. The van der Waals surface area contributed by atoms with Crippen LogP contribution in [0.4, 0.5) is 0 Å². The molecule has 0 N–H and O–H groups in total. The van der Waals surface area contributed by atoms with E-state index in [2.05, 4.69) is 140 Å². The quantitative estimate of drug-likeness (QED) is 0.132. The molecule has 0 saturated heterocycles. The van der Waals surface area contributed by atoms with Crippen LogP contribution in [0, 0.1) is 14.9 Å². The van der Waals surface area contributed by atoms with Gasteiger partial charge in [-0.1, -0.05) is 85.6 Å². The third-order valence-electron chi connectivity index (χ3n) is 8.24. The van der Waals surface area contributed by atoms with Crippen molar-refractivity contribution in [3.05, 3.63) is 160 Å². The number of aryl methyl sites for hydroxylation is 2. The Morgan fingerprint density at radius 3 is 1.31 bits per heavy atom. The summed E-state index contributed by atoms with van der Waals surface area (Å²) in [4.78, 5) is 9.12. The zero-order valence-electron chi connectivity index (χ0n) is 27.8. The summed E-state index contributed by atoms with van der Waals surface area (Å²) in [6.45, 7) is 7.46. The molecule has 2 aromatic heterocycles. The monoisotopic (exact) mass is 760 g/mol. The molecular weight excluding hydrogens is 723 g/mol. The number of benzene rings is 4. The molecule has 244 valence electrons. The van der Waals surface area contributed by atoms with Crippen molar-refractivity contribution in [2.24, 2.45) is 0 Å². The minimum atomic E-state index is 0. The van der Waals surface area contributed by atoms with Crippen LogP contribution >= 0.6 is 24.8 Å². The number of pyridine rings is 2. The van der Waals surface area contributed by atoms with Crippen molar-refractivity contribution in [2.45, 2.75) is 26.7 Å². The summed E-state index contributed by atoms with van der Waals surface area (Å²) in [6, 6.07) is 43.5. The number of rotatable bonds is 4. The molecule has 0 amide bonds. The summed E-state index contributed by atoms with van der Waals surface area (Å²) >= 11 is 1.36. The van der Waals surface area contributed by atoms with Crippen LogP contribution in [0.2, 0.25) is 0 Å². The standard InChI is InChI=1S/2C20H16N.2CH3.2ClH.Si.Zr/c2*1-2-14-11-16-8-9-17(13-18(16)12-14)19-7-3-5-15-6-4-10-21-20(15)19;;;;;;/h2*3-13H,2H2,1H3;2*1H3;2*1H;;/q4*-1;;;;. The zero-order valence-corrected chi connectivity index (χ0v) is 32.9. The second kappa shape index (κ2) is 19.0. The molecule has 6 aromatic carbocycles. The molecule has 0 saturated carbocycles. The predicted octanol–water partition coefficient (Wildman–Crippen LogP) is 12.0. The van der Waals surface area contributed by atoms with Crippen LogP contribution in [-0.4, -0.2) is 16.8 Å². The average molecular weight is 763 g/mol. The average Bonchev–Trinajstić information content (AvgIpc) is 3.72. The number of halogens is 2. The van der Waals surface area contributed by atoms with E-state index in [1.165, 1.54) is 89.0 Å². The third-order valence-corrected chi connectivity index (χ3v) is 8.24. The molecule has 6 heteroatoms. The first-order chi connectivity index (χ1) is 21.7. The van der Waals surface area contributed by atoms with Gasteiger partial charge in [-0.2, -0.15) is 12.1 Å². The van der Waals surface area contributed by atoms with Crippen molar-refractivity contribution in [1.82, 2.24) is 9.97 Å².